The summed E-state index contributed by atoms with van der Waals surface area (Å²) in [5.74, 6) is -1.28. The van der Waals surface area contributed by atoms with Crippen molar-refractivity contribution in [3.63, 3.8) is 0 Å². The second-order valence-corrected chi connectivity index (χ2v) is 7.96. The highest BCUT2D eigenvalue weighted by molar-refractivity contribution is 7.98. The lowest BCUT2D eigenvalue weighted by atomic mass is 9.96. The largest absolute Gasteiger partial charge is 0.456 e. The molecule has 2 N–H and O–H groups in total. The number of rotatable bonds is 6. The van der Waals surface area contributed by atoms with E-state index in [0.29, 0.717) is 11.3 Å². The minimum atomic E-state index is -0.632. The summed E-state index contributed by atoms with van der Waals surface area (Å²) >= 11 is 1.59. The van der Waals surface area contributed by atoms with Crippen molar-refractivity contribution < 1.29 is 23.5 Å². The standard InChI is InChI=1S/C22H20FN3O4S/c1-31-16-8-4-14(5-9-16)20-19-17(12-30-21(19)28)26(22(29)25-20)11-18(27)24-10-13-2-6-15(23)7-3-13/h2-9,20H,10-12H2,1H3,(H,24,27)(H,25,29)/t20-/m0/s1. The summed E-state index contributed by atoms with van der Waals surface area (Å²) in [6.45, 7) is -0.132. The predicted octanol–water partition coefficient (Wildman–Crippen LogP) is 2.74. The van der Waals surface area contributed by atoms with Crippen molar-refractivity contribution in [2.75, 3.05) is 19.4 Å². The van der Waals surface area contributed by atoms with Crippen molar-refractivity contribution in [2.24, 2.45) is 0 Å². The molecule has 3 amide bonds. The zero-order valence-electron chi connectivity index (χ0n) is 16.7. The number of hydrogen-bond donors (Lipinski definition) is 2. The number of nitrogens with zero attached hydrogens (tertiary/aromatic N) is 1. The first-order valence-corrected chi connectivity index (χ1v) is 10.8. The Morgan fingerprint density at radius 2 is 1.90 bits per heavy atom. The molecule has 0 saturated carbocycles. The van der Waals surface area contributed by atoms with Gasteiger partial charge < -0.3 is 15.4 Å². The van der Waals surface area contributed by atoms with Gasteiger partial charge in [-0.3, -0.25) is 9.69 Å². The summed E-state index contributed by atoms with van der Waals surface area (Å²) in [6.07, 6.45) is 1.96. The fourth-order valence-electron chi connectivity index (χ4n) is 3.53. The van der Waals surface area contributed by atoms with Crippen LogP contribution in [0.4, 0.5) is 9.18 Å². The molecule has 0 fully saturated rings. The first-order chi connectivity index (χ1) is 15.0. The second-order valence-electron chi connectivity index (χ2n) is 7.08. The average molecular weight is 441 g/mol. The second kappa shape index (κ2) is 8.81. The van der Waals surface area contributed by atoms with E-state index in [1.165, 1.54) is 17.0 Å². The molecule has 0 aromatic heterocycles. The van der Waals surface area contributed by atoms with Gasteiger partial charge in [-0.25, -0.2) is 14.0 Å². The van der Waals surface area contributed by atoms with E-state index in [0.717, 1.165) is 16.0 Å². The van der Waals surface area contributed by atoms with E-state index < -0.39 is 23.9 Å². The van der Waals surface area contributed by atoms with Gasteiger partial charge in [0.25, 0.3) is 0 Å². The van der Waals surface area contributed by atoms with Gasteiger partial charge in [0, 0.05) is 11.4 Å². The van der Waals surface area contributed by atoms with E-state index in [2.05, 4.69) is 10.6 Å². The number of benzene rings is 2. The average Bonchev–Trinajstić information content (AvgIpc) is 3.16. The first-order valence-electron chi connectivity index (χ1n) is 9.59. The molecular weight excluding hydrogens is 421 g/mol. The number of amides is 3. The summed E-state index contributed by atoms with van der Waals surface area (Å²) in [4.78, 5) is 39.9. The number of hydrogen-bond acceptors (Lipinski definition) is 5. The number of halogens is 1. The third-order valence-electron chi connectivity index (χ3n) is 5.15. The quantitative estimate of drug-likeness (QED) is 0.532. The van der Waals surface area contributed by atoms with E-state index >= 15 is 0 Å². The molecule has 0 unspecified atom stereocenters. The van der Waals surface area contributed by atoms with Crippen molar-refractivity contribution in [1.29, 1.82) is 0 Å². The van der Waals surface area contributed by atoms with Crippen LogP contribution in [0.2, 0.25) is 0 Å². The highest BCUT2D eigenvalue weighted by atomic mass is 32.2. The molecular formula is C22H20FN3O4S. The number of nitrogens with one attached hydrogen (secondary N) is 2. The summed E-state index contributed by atoms with van der Waals surface area (Å²) in [5, 5.41) is 5.51. The molecule has 1 atom stereocenters. The van der Waals surface area contributed by atoms with Crippen LogP contribution in [-0.4, -0.2) is 42.2 Å². The van der Waals surface area contributed by atoms with Crippen molar-refractivity contribution in [2.45, 2.75) is 17.5 Å². The van der Waals surface area contributed by atoms with Crippen molar-refractivity contribution in [1.82, 2.24) is 15.5 Å². The Hall–Kier alpha value is -3.33. The number of cyclic esters (lactones) is 1. The van der Waals surface area contributed by atoms with Crippen molar-refractivity contribution >= 4 is 29.7 Å². The lowest BCUT2D eigenvalue weighted by molar-refractivity contribution is -0.136. The van der Waals surface area contributed by atoms with Crippen LogP contribution >= 0.6 is 11.8 Å². The maximum atomic E-state index is 13.0. The van der Waals surface area contributed by atoms with E-state index in [1.807, 2.05) is 30.5 Å². The fraction of sp³-hybridized carbons (Fsp3) is 0.227. The molecule has 31 heavy (non-hydrogen) atoms. The van der Waals surface area contributed by atoms with Gasteiger partial charge in [0.2, 0.25) is 5.91 Å². The summed E-state index contributed by atoms with van der Waals surface area (Å²) in [5.41, 5.74) is 2.22. The van der Waals surface area contributed by atoms with Crippen LogP contribution in [0.3, 0.4) is 0 Å². The Morgan fingerprint density at radius 1 is 1.19 bits per heavy atom. The van der Waals surface area contributed by atoms with Gasteiger partial charge in [-0.1, -0.05) is 24.3 Å². The number of carbonyl (C=O) groups is 3. The first kappa shape index (κ1) is 20.9. The number of esters is 1. The summed E-state index contributed by atoms with van der Waals surface area (Å²) < 4.78 is 18.2. The smallest absolute Gasteiger partial charge is 0.338 e. The van der Waals surface area contributed by atoms with E-state index in [-0.39, 0.29) is 25.5 Å². The maximum Gasteiger partial charge on any atom is 0.338 e. The third kappa shape index (κ3) is 4.41. The lowest BCUT2D eigenvalue weighted by Crippen LogP contribution is -2.50. The van der Waals surface area contributed by atoms with Gasteiger partial charge in [-0.2, -0.15) is 0 Å². The fourth-order valence-corrected chi connectivity index (χ4v) is 3.94. The van der Waals surface area contributed by atoms with Crippen LogP contribution in [0.1, 0.15) is 17.2 Å². The number of urea groups is 1. The van der Waals surface area contributed by atoms with Gasteiger partial charge in [0.15, 0.2) is 0 Å². The van der Waals surface area contributed by atoms with Crippen molar-refractivity contribution in [3.05, 3.63) is 76.7 Å². The Labute approximate surface area is 182 Å². The molecule has 0 radical (unpaired) electrons. The van der Waals surface area contributed by atoms with Crippen LogP contribution in [-0.2, 0) is 20.9 Å². The normalized spacial score (nSPS) is 17.9. The maximum absolute atomic E-state index is 13.0. The number of thioether (sulfide) groups is 1. The molecule has 0 aliphatic carbocycles. The highest BCUT2D eigenvalue weighted by Gasteiger charge is 2.42. The minimum absolute atomic E-state index is 0.0633. The predicted molar refractivity (Wildman–Crippen MR) is 112 cm³/mol. The topological polar surface area (TPSA) is 87.7 Å². The molecule has 0 saturated heterocycles. The molecule has 7 nitrogen and oxygen atoms in total. The van der Waals surface area contributed by atoms with Crippen molar-refractivity contribution in [3.8, 4) is 0 Å². The molecule has 4 rings (SSSR count). The van der Waals surface area contributed by atoms with Gasteiger partial charge in [-0.05, 0) is 41.6 Å². The summed E-state index contributed by atoms with van der Waals surface area (Å²) in [7, 11) is 0. The van der Waals surface area contributed by atoms with E-state index in [4.69, 9.17) is 4.74 Å². The SMILES string of the molecule is CSc1ccc([C@@H]2NC(=O)N(CC(=O)NCc3ccc(F)cc3)C3=C2C(=O)OC3)cc1. The third-order valence-corrected chi connectivity index (χ3v) is 5.90. The van der Waals surface area contributed by atoms with Crippen LogP contribution in [0, 0.1) is 5.82 Å². The minimum Gasteiger partial charge on any atom is -0.456 e. The molecule has 9 heteroatoms. The Morgan fingerprint density at radius 3 is 2.58 bits per heavy atom. The van der Waals surface area contributed by atoms with E-state index in [1.54, 1.807) is 23.9 Å². The Bertz CT molecular complexity index is 1050. The van der Waals surface area contributed by atoms with Crippen LogP contribution < -0.4 is 10.6 Å². The zero-order valence-corrected chi connectivity index (χ0v) is 17.5. The van der Waals surface area contributed by atoms with Crippen LogP contribution in [0.15, 0.2) is 64.7 Å². The molecule has 2 heterocycles. The molecule has 160 valence electrons. The summed E-state index contributed by atoms with van der Waals surface area (Å²) in [6, 6.07) is 12.2. The molecule has 2 aromatic carbocycles. The number of ether oxygens (including phenoxy) is 1. The van der Waals surface area contributed by atoms with Crippen LogP contribution in [0.5, 0.6) is 0 Å². The van der Waals surface area contributed by atoms with Crippen LogP contribution in [0.25, 0.3) is 0 Å². The zero-order chi connectivity index (χ0) is 22.0. The Kier molecular flexibility index (Phi) is 5.94. The number of carbonyl (C=O) groups excluding carboxylic acids is 3. The monoisotopic (exact) mass is 441 g/mol. The molecule has 2 aliphatic rings. The molecule has 0 spiro atoms. The molecule has 2 aliphatic heterocycles. The van der Waals surface area contributed by atoms with Gasteiger partial charge in [-0.15, -0.1) is 11.8 Å². The molecule has 2 aromatic rings. The highest BCUT2D eigenvalue weighted by Crippen LogP contribution is 2.35. The lowest BCUT2D eigenvalue weighted by Gasteiger charge is -2.32. The van der Waals surface area contributed by atoms with E-state index in [9.17, 15) is 18.8 Å². The van der Waals surface area contributed by atoms with Gasteiger partial charge in [0.05, 0.1) is 17.3 Å². The van der Waals surface area contributed by atoms with Gasteiger partial charge in [0.1, 0.15) is 19.0 Å². The Balaban J connectivity index is 1.50. The molecule has 0 bridgehead atoms. The van der Waals surface area contributed by atoms with Gasteiger partial charge >= 0.3 is 12.0 Å².